The Kier molecular flexibility index (Phi) is 4.80. The van der Waals surface area contributed by atoms with Gasteiger partial charge in [0.1, 0.15) is 4.90 Å². The molecule has 0 amide bonds. The number of allylic oxidation sites excluding steroid dienone is 1. The van der Waals surface area contributed by atoms with Gasteiger partial charge in [-0.3, -0.25) is 4.98 Å². The molecule has 0 atom stereocenters. The van der Waals surface area contributed by atoms with Crippen LogP contribution in [0.2, 0.25) is 0 Å². The normalized spacial score (nSPS) is 11.4. The standard InChI is InChI=1S/C24H19NO2S/c1-2-11-22-24(28(26,27)19-14-7-4-8-15-19)21-17-10-9-16-20(21)23(25-22)18-12-5-3-6-13-18/h2-10,12-17H,1,11H2. The smallest absolute Gasteiger partial charge is 0.209 e. The summed E-state index contributed by atoms with van der Waals surface area (Å²) in [5.41, 5.74) is 2.24. The maximum absolute atomic E-state index is 13.5. The Morgan fingerprint density at radius 2 is 1.36 bits per heavy atom. The maximum atomic E-state index is 13.5. The highest BCUT2D eigenvalue weighted by Crippen LogP contribution is 2.36. The summed E-state index contributed by atoms with van der Waals surface area (Å²) in [6, 6.07) is 25.9. The first-order chi connectivity index (χ1) is 13.6. The van der Waals surface area contributed by atoms with Crippen molar-refractivity contribution >= 4 is 20.6 Å². The van der Waals surface area contributed by atoms with Gasteiger partial charge in [-0.15, -0.1) is 6.58 Å². The summed E-state index contributed by atoms with van der Waals surface area (Å²) in [6.45, 7) is 3.80. The van der Waals surface area contributed by atoms with E-state index < -0.39 is 9.84 Å². The van der Waals surface area contributed by atoms with Crippen LogP contribution in [-0.2, 0) is 16.3 Å². The van der Waals surface area contributed by atoms with Gasteiger partial charge in [0.2, 0.25) is 9.84 Å². The lowest BCUT2D eigenvalue weighted by Gasteiger charge is -2.16. The second-order valence-corrected chi connectivity index (χ2v) is 8.34. The largest absolute Gasteiger partial charge is 0.250 e. The van der Waals surface area contributed by atoms with Gasteiger partial charge in [0, 0.05) is 22.8 Å². The summed E-state index contributed by atoms with van der Waals surface area (Å²) in [5.74, 6) is 0. The number of hydrogen-bond acceptors (Lipinski definition) is 3. The van der Waals surface area contributed by atoms with E-state index in [-0.39, 0.29) is 9.79 Å². The van der Waals surface area contributed by atoms with Crippen molar-refractivity contribution in [3.8, 4) is 11.3 Å². The zero-order valence-electron chi connectivity index (χ0n) is 15.2. The summed E-state index contributed by atoms with van der Waals surface area (Å²) in [5, 5.41) is 1.49. The van der Waals surface area contributed by atoms with Crippen molar-refractivity contribution in [1.82, 2.24) is 4.98 Å². The van der Waals surface area contributed by atoms with Crippen molar-refractivity contribution in [2.45, 2.75) is 16.2 Å². The van der Waals surface area contributed by atoms with Crippen LogP contribution >= 0.6 is 0 Å². The highest BCUT2D eigenvalue weighted by molar-refractivity contribution is 7.91. The molecule has 4 heteroatoms. The van der Waals surface area contributed by atoms with Gasteiger partial charge in [-0.25, -0.2) is 8.42 Å². The molecule has 0 saturated carbocycles. The van der Waals surface area contributed by atoms with E-state index in [1.54, 1.807) is 36.4 Å². The second-order valence-electron chi connectivity index (χ2n) is 6.46. The van der Waals surface area contributed by atoms with Crippen molar-refractivity contribution in [3.05, 3.63) is 103 Å². The SMILES string of the molecule is C=CCc1nc(-c2ccccc2)c2ccccc2c1S(=O)(=O)c1ccccc1. The molecule has 0 aliphatic rings. The first kappa shape index (κ1) is 18.1. The molecule has 3 nitrogen and oxygen atoms in total. The third-order valence-electron chi connectivity index (χ3n) is 4.64. The summed E-state index contributed by atoms with van der Waals surface area (Å²) >= 11 is 0. The predicted molar refractivity (Wildman–Crippen MR) is 113 cm³/mol. The molecule has 0 N–H and O–H groups in total. The Morgan fingerprint density at radius 3 is 2.00 bits per heavy atom. The van der Waals surface area contributed by atoms with Gasteiger partial charge in [-0.05, 0) is 12.1 Å². The molecule has 0 saturated heterocycles. The molecule has 0 unspecified atom stereocenters. The van der Waals surface area contributed by atoms with Crippen LogP contribution in [0.25, 0.3) is 22.0 Å². The molecule has 0 radical (unpaired) electrons. The lowest BCUT2D eigenvalue weighted by molar-refractivity contribution is 0.595. The molecule has 0 aliphatic heterocycles. The van der Waals surface area contributed by atoms with E-state index in [2.05, 4.69) is 6.58 Å². The Labute approximate surface area is 164 Å². The summed E-state index contributed by atoms with van der Waals surface area (Å²) in [4.78, 5) is 5.32. The zero-order valence-corrected chi connectivity index (χ0v) is 16.1. The Bertz CT molecular complexity index is 1250. The van der Waals surface area contributed by atoms with Crippen molar-refractivity contribution in [2.75, 3.05) is 0 Å². The first-order valence-corrected chi connectivity index (χ1v) is 10.5. The lowest BCUT2D eigenvalue weighted by atomic mass is 10.0. The minimum absolute atomic E-state index is 0.258. The molecule has 1 heterocycles. The molecule has 3 aromatic carbocycles. The van der Waals surface area contributed by atoms with Crippen LogP contribution in [0, 0.1) is 0 Å². The van der Waals surface area contributed by atoms with E-state index in [9.17, 15) is 8.42 Å². The molecule has 0 aliphatic carbocycles. The van der Waals surface area contributed by atoms with E-state index in [1.165, 1.54) is 0 Å². The highest BCUT2D eigenvalue weighted by Gasteiger charge is 2.26. The second kappa shape index (κ2) is 7.41. The third-order valence-corrected chi connectivity index (χ3v) is 6.53. The predicted octanol–water partition coefficient (Wildman–Crippen LogP) is 5.46. The summed E-state index contributed by atoms with van der Waals surface area (Å²) in [6.07, 6.45) is 2.06. The number of fused-ring (bicyclic) bond motifs is 1. The van der Waals surface area contributed by atoms with Crippen LogP contribution in [0.5, 0.6) is 0 Å². The lowest BCUT2D eigenvalue weighted by Crippen LogP contribution is -2.09. The van der Waals surface area contributed by atoms with Crippen LogP contribution in [0.1, 0.15) is 5.69 Å². The van der Waals surface area contributed by atoms with E-state index >= 15 is 0 Å². The van der Waals surface area contributed by atoms with E-state index in [0.29, 0.717) is 17.5 Å². The van der Waals surface area contributed by atoms with E-state index in [0.717, 1.165) is 16.6 Å². The molecule has 138 valence electrons. The van der Waals surface area contributed by atoms with Gasteiger partial charge < -0.3 is 0 Å². The quantitative estimate of drug-likeness (QED) is 0.428. The fourth-order valence-electron chi connectivity index (χ4n) is 3.40. The monoisotopic (exact) mass is 385 g/mol. The van der Waals surface area contributed by atoms with Crippen molar-refractivity contribution in [1.29, 1.82) is 0 Å². The van der Waals surface area contributed by atoms with Gasteiger partial charge in [0.15, 0.2) is 0 Å². The molecular formula is C24H19NO2S. The van der Waals surface area contributed by atoms with Gasteiger partial charge >= 0.3 is 0 Å². The van der Waals surface area contributed by atoms with Crippen LogP contribution in [-0.4, -0.2) is 13.4 Å². The number of benzene rings is 3. The number of nitrogens with zero attached hydrogens (tertiary/aromatic N) is 1. The zero-order chi connectivity index (χ0) is 19.6. The van der Waals surface area contributed by atoms with Gasteiger partial charge in [0.25, 0.3) is 0 Å². The highest BCUT2D eigenvalue weighted by atomic mass is 32.2. The van der Waals surface area contributed by atoms with Crippen molar-refractivity contribution in [3.63, 3.8) is 0 Å². The number of hydrogen-bond donors (Lipinski definition) is 0. The molecule has 4 rings (SSSR count). The number of rotatable bonds is 5. The Morgan fingerprint density at radius 1 is 0.786 bits per heavy atom. The molecule has 1 aromatic heterocycles. The van der Waals surface area contributed by atoms with Gasteiger partial charge in [-0.2, -0.15) is 0 Å². The average molecular weight is 385 g/mol. The van der Waals surface area contributed by atoms with Crippen molar-refractivity contribution < 1.29 is 8.42 Å². The molecule has 28 heavy (non-hydrogen) atoms. The third kappa shape index (κ3) is 3.12. The van der Waals surface area contributed by atoms with Crippen molar-refractivity contribution in [2.24, 2.45) is 0 Å². The van der Waals surface area contributed by atoms with Crippen LogP contribution in [0.3, 0.4) is 0 Å². The van der Waals surface area contributed by atoms with Gasteiger partial charge in [0.05, 0.1) is 16.3 Å². The molecule has 0 bridgehead atoms. The minimum Gasteiger partial charge on any atom is -0.250 e. The molecular weight excluding hydrogens is 366 g/mol. The first-order valence-electron chi connectivity index (χ1n) is 9.01. The number of pyridine rings is 1. The minimum atomic E-state index is -3.73. The maximum Gasteiger partial charge on any atom is 0.209 e. The topological polar surface area (TPSA) is 47.0 Å². The summed E-state index contributed by atoms with van der Waals surface area (Å²) in [7, 11) is -3.73. The Hall–Kier alpha value is -3.24. The van der Waals surface area contributed by atoms with E-state index in [4.69, 9.17) is 4.98 Å². The molecule has 0 fully saturated rings. The van der Waals surface area contributed by atoms with Crippen LogP contribution in [0.4, 0.5) is 0 Å². The summed E-state index contributed by atoms with van der Waals surface area (Å²) < 4.78 is 27.0. The van der Waals surface area contributed by atoms with Crippen LogP contribution in [0.15, 0.2) is 107 Å². The molecule has 0 spiro atoms. The Balaban J connectivity index is 2.10. The number of aromatic nitrogens is 1. The average Bonchev–Trinajstić information content (AvgIpc) is 2.74. The van der Waals surface area contributed by atoms with E-state index in [1.807, 2.05) is 54.6 Å². The van der Waals surface area contributed by atoms with Gasteiger partial charge in [-0.1, -0.05) is 78.9 Å². The molecule has 4 aromatic rings. The number of sulfone groups is 1. The fraction of sp³-hybridized carbons (Fsp3) is 0.0417. The van der Waals surface area contributed by atoms with Crippen LogP contribution < -0.4 is 0 Å². The fourth-order valence-corrected chi connectivity index (χ4v) is 5.06.